The normalized spacial score (nSPS) is 15.3. The number of sulfonamides is 1. The number of nitrogens with zero attached hydrogens (tertiary/aromatic N) is 2. The Balaban J connectivity index is 1.84. The van der Waals surface area contributed by atoms with Crippen molar-refractivity contribution in [1.29, 1.82) is 0 Å². The van der Waals surface area contributed by atoms with E-state index < -0.39 is 22.0 Å². The molecule has 8 nitrogen and oxygen atoms in total. The molecule has 0 aliphatic carbocycles. The molecule has 9 heteroatoms. The molecule has 2 aromatic rings. The number of aryl methyl sites for hydroxylation is 1. The predicted molar refractivity (Wildman–Crippen MR) is 120 cm³/mol. The number of morpholine rings is 1. The maximum atomic E-state index is 13.0. The van der Waals surface area contributed by atoms with E-state index in [1.165, 1.54) is 6.92 Å². The van der Waals surface area contributed by atoms with Gasteiger partial charge in [-0.1, -0.05) is 29.8 Å². The lowest BCUT2D eigenvalue weighted by atomic mass is 10.1. The third kappa shape index (κ3) is 5.42. The molecule has 1 saturated heterocycles. The molecular formula is C22H27N3O5S. The van der Waals surface area contributed by atoms with Crippen LogP contribution in [-0.2, 0) is 19.6 Å². The second kappa shape index (κ2) is 9.49. The third-order valence-electron chi connectivity index (χ3n) is 5.09. The van der Waals surface area contributed by atoms with Gasteiger partial charge in [-0.25, -0.2) is 8.42 Å². The highest BCUT2D eigenvalue weighted by molar-refractivity contribution is 7.92. The van der Waals surface area contributed by atoms with E-state index in [4.69, 9.17) is 4.74 Å². The van der Waals surface area contributed by atoms with E-state index in [0.717, 1.165) is 16.1 Å². The van der Waals surface area contributed by atoms with Crippen molar-refractivity contribution in [1.82, 2.24) is 4.90 Å². The van der Waals surface area contributed by atoms with Crippen LogP contribution in [-0.4, -0.2) is 63.7 Å². The zero-order valence-corrected chi connectivity index (χ0v) is 18.7. The Hall–Kier alpha value is -2.91. The monoisotopic (exact) mass is 445 g/mol. The summed E-state index contributed by atoms with van der Waals surface area (Å²) in [6, 6.07) is 12.6. The van der Waals surface area contributed by atoms with Gasteiger partial charge in [-0.2, -0.15) is 0 Å². The molecule has 1 atom stereocenters. The first-order valence-electron chi connectivity index (χ1n) is 10.0. The molecule has 31 heavy (non-hydrogen) atoms. The topological polar surface area (TPSA) is 96.0 Å². The number of amides is 2. The third-order valence-corrected chi connectivity index (χ3v) is 6.33. The summed E-state index contributed by atoms with van der Waals surface area (Å²) in [5.41, 5.74) is 2.07. The van der Waals surface area contributed by atoms with Crippen molar-refractivity contribution in [2.45, 2.75) is 19.9 Å². The molecule has 166 valence electrons. The van der Waals surface area contributed by atoms with Gasteiger partial charge in [0.05, 0.1) is 36.4 Å². The molecule has 3 rings (SSSR count). The summed E-state index contributed by atoms with van der Waals surface area (Å²) >= 11 is 0. The second-order valence-corrected chi connectivity index (χ2v) is 9.37. The molecule has 0 spiro atoms. The number of anilines is 2. The van der Waals surface area contributed by atoms with Crippen molar-refractivity contribution in [2.75, 3.05) is 42.2 Å². The van der Waals surface area contributed by atoms with Crippen LogP contribution in [0, 0.1) is 6.92 Å². The Kier molecular flexibility index (Phi) is 6.97. The number of nitrogens with one attached hydrogen (secondary N) is 1. The minimum Gasteiger partial charge on any atom is -0.378 e. The first kappa shape index (κ1) is 22.8. The highest BCUT2D eigenvalue weighted by atomic mass is 32.2. The Morgan fingerprint density at radius 3 is 2.29 bits per heavy atom. The fourth-order valence-electron chi connectivity index (χ4n) is 3.45. The summed E-state index contributed by atoms with van der Waals surface area (Å²) in [6.07, 6.45) is 1.06. The molecule has 1 aliphatic heterocycles. The summed E-state index contributed by atoms with van der Waals surface area (Å²) < 4.78 is 31.3. The SMILES string of the molecule is Cc1ccc(N([C@H](C)C(=O)Nc2ccccc2C(=O)N2CCOCC2)S(C)(=O)=O)cc1. The molecule has 2 amide bonds. The summed E-state index contributed by atoms with van der Waals surface area (Å²) in [5, 5.41) is 2.74. The van der Waals surface area contributed by atoms with Gasteiger partial charge >= 0.3 is 0 Å². The number of rotatable bonds is 6. The van der Waals surface area contributed by atoms with Crippen molar-refractivity contribution in [3.05, 3.63) is 59.7 Å². The molecule has 0 radical (unpaired) electrons. The van der Waals surface area contributed by atoms with E-state index in [-0.39, 0.29) is 5.91 Å². The molecule has 1 N–H and O–H groups in total. The van der Waals surface area contributed by atoms with Gasteiger partial charge in [0.25, 0.3) is 5.91 Å². The van der Waals surface area contributed by atoms with Crippen LogP contribution in [0.5, 0.6) is 0 Å². The Morgan fingerprint density at radius 2 is 1.68 bits per heavy atom. The zero-order chi connectivity index (χ0) is 22.6. The predicted octanol–water partition coefficient (Wildman–Crippen LogP) is 2.26. The van der Waals surface area contributed by atoms with Gasteiger partial charge in [-0.15, -0.1) is 0 Å². The van der Waals surface area contributed by atoms with Gasteiger partial charge in [-0.3, -0.25) is 13.9 Å². The fraction of sp³-hybridized carbons (Fsp3) is 0.364. The minimum atomic E-state index is -3.73. The van der Waals surface area contributed by atoms with Gasteiger partial charge in [-0.05, 0) is 38.1 Å². The highest BCUT2D eigenvalue weighted by Crippen LogP contribution is 2.23. The Bertz CT molecular complexity index is 1050. The Morgan fingerprint density at radius 1 is 1.06 bits per heavy atom. The van der Waals surface area contributed by atoms with E-state index in [1.54, 1.807) is 53.4 Å². The highest BCUT2D eigenvalue weighted by Gasteiger charge is 2.30. The van der Waals surface area contributed by atoms with Crippen LogP contribution in [0.2, 0.25) is 0 Å². The average molecular weight is 446 g/mol. The van der Waals surface area contributed by atoms with Crippen molar-refractivity contribution in [3.63, 3.8) is 0 Å². The lowest BCUT2D eigenvalue weighted by molar-refractivity contribution is -0.116. The van der Waals surface area contributed by atoms with Crippen LogP contribution in [0.1, 0.15) is 22.8 Å². The van der Waals surface area contributed by atoms with E-state index >= 15 is 0 Å². The maximum Gasteiger partial charge on any atom is 0.256 e. The van der Waals surface area contributed by atoms with Gasteiger partial charge in [0.15, 0.2) is 0 Å². The van der Waals surface area contributed by atoms with Crippen LogP contribution >= 0.6 is 0 Å². The number of benzene rings is 2. The number of carbonyl (C=O) groups is 2. The zero-order valence-electron chi connectivity index (χ0n) is 17.9. The van der Waals surface area contributed by atoms with Crippen LogP contribution in [0.4, 0.5) is 11.4 Å². The van der Waals surface area contributed by atoms with Crippen molar-refractivity contribution < 1.29 is 22.7 Å². The van der Waals surface area contributed by atoms with Crippen LogP contribution in [0.25, 0.3) is 0 Å². The molecule has 1 aliphatic rings. The molecule has 0 saturated carbocycles. The molecule has 1 heterocycles. The molecule has 2 aromatic carbocycles. The number of para-hydroxylation sites is 1. The van der Waals surface area contributed by atoms with Crippen LogP contribution in [0.15, 0.2) is 48.5 Å². The Labute approximate surface area is 182 Å². The maximum absolute atomic E-state index is 13.0. The molecule has 1 fully saturated rings. The summed E-state index contributed by atoms with van der Waals surface area (Å²) in [6.45, 7) is 5.31. The largest absolute Gasteiger partial charge is 0.378 e. The van der Waals surface area contributed by atoms with E-state index in [2.05, 4.69) is 5.32 Å². The summed E-state index contributed by atoms with van der Waals surface area (Å²) in [7, 11) is -3.73. The summed E-state index contributed by atoms with van der Waals surface area (Å²) in [4.78, 5) is 27.6. The molecular weight excluding hydrogens is 418 g/mol. The molecule has 0 unspecified atom stereocenters. The van der Waals surface area contributed by atoms with E-state index in [9.17, 15) is 18.0 Å². The fourth-order valence-corrected chi connectivity index (χ4v) is 4.63. The lowest BCUT2D eigenvalue weighted by Gasteiger charge is -2.29. The average Bonchev–Trinajstić information content (AvgIpc) is 2.75. The van der Waals surface area contributed by atoms with E-state index in [1.807, 2.05) is 6.92 Å². The van der Waals surface area contributed by atoms with E-state index in [0.29, 0.717) is 43.2 Å². The van der Waals surface area contributed by atoms with Gasteiger partial charge < -0.3 is 15.0 Å². The molecule has 0 aromatic heterocycles. The summed E-state index contributed by atoms with van der Waals surface area (Å²) in [5.74, 6) is -0.737. The molecule has 0 bridgehead atoms. The minimum absolute atomic E-state index is 0.203. The van der Waals surface area contributed by atoms with Gasteiger partial charge in [0.2, 0.25) is 15.9 Å². The van der Waals surface area contributed by atoms with Crippen LogP contribution in [0.3, 0.4) is 0 Å². The van der Waals surface area contributed by atoms with Crippen molar-refractivity contribution in [2.24, 2.45) is 0 Å². The van der Waals surface area contributed by atoms with Crippen LogP contribution < -0.4 is 9.62 Å². The first-order chi connectivity index (χ1) is 14.7. The first-order valence-corrected chi connectivity index (χ1v) is 11.9. The smallest absolute Gasteiger partial charge is 0.256 e. The number of hydrogen-bond donors (Lipinski definition) is 1. The lowest BCUT2D eigenvalue weighted by Crippen LogP contribution is -2.45. The van der Waals surface area contributed by atoms with Crippen molar-refractivity contribution >= 4 is 33.2 Å². The number of carbonyl (C=O) groups excluding carboxylic acids is 2. The van der Waals surface area contributed by atoms with Gasteiger partial charge in [0, 0.05) is 13.1 Å². The number of hydrogen-bond acceptors (Lipinski definition) is 5. The standard InChI is InChI=1S/C22H27N3O5S/c1-16-8-10-18(11-9-16)25(31(3,28)29)17(2)21(26)23-20-7-5-4-6-19(20)22(27)24-12-14-30-15-13-24/h4-11,17H,12-15H2,1-3H3,(H,23,26)/t17-/m1/s1. The van der Waals surface area contributed by atoms with Crippen molar-refractivity contribution in [3.8, 4) is 0 Å². The quantitative estimate of drug-likeness (QED) is 0.736. The van der Waals surface area contributed by atoms with Gasteiger partial charge in [0.1, 0.15) is 6.04 Å². The number of ether oxygens (including phenoxy) is 1. The second-order valence-electron chi connectivity index (χ2n) is 7.51.